The summed E-state index contributed by atoms with van der Waals surface area (Å²) in [5, 5.41) is 1.36. The van der Waals surface area contributed by atoms with E-state index in [0.29, 0.717) is 6.04 Å². The first kappa shape index (κ1) is 13.6. The van der Waals surface area contributed by atoms with Crippen molar-refractivity contribution in [3.05, 3.63) is 71.9 Å². The fourth-order valence-electron chi connectivity index (χ4n) is 3.74. The first-order valence-corrected chi connectivity index (χ1v) is 8.26. The van der Waals surface area contributed by atoms with Crippen LogP contribution < -0.4 is 0 Å². The average Bonchev–Trinajstić information content (AvgIpc) is 3.06. The summed E-state index contributed by atoms with van der Waals surface area (Å²) in [6, 6.07) is 20.3. The van der Waals surface area contributed by atoms with Crippen LogP contribution in [0.25, 0.3) is 10.9 Å². The Labute approximate surface area is 131 Å². The van der Waals surface area contributed by atoms with Gasteiger partial charge in [-0.15, -0.1) is 0 Å². The molecule has 22 heavy (non-hydrogen) atoms. The van der Waals surface area contributed by atoms with Gasteiger partial charge in [-0.3, -0.25) is 4.90 Å². The van der Waals surface area contributed by atoms with Crippen LogP contribution in [0.2, 0.25) is 0 Å². The van der Waals surface area contributed by atoms with E-state index in [9.17, 15) is 0 Å². The standard InChI is InChI=1S/C20H22N2/c1-2-7-16(8-3-1)20-11-4-5-14-22(20)15-17-9-6-10-19-18(17)12-13-21-19/h1-3,6-10,12-13,20-21H,4-5,11,14-15H2. The molecule has 3 aromatic rings. The predicted octanol–water partition coefficient (Wildman–Crippen LogP) is 4.90. The lowest BCUT2D eigenvalue weighted by atomic mass is 9.94. The van der Waals surface area contributed by atoms with E-state index >= 15 is 0 Å². The minimum absolute atomic E-state index is 0.559. The Bertz CT molecular complexity index is 745. The monoisotopic (exact) mass is 290 g/mol. The molecule has 4 rings (SSSR count). The molecule has 0 saturated carbocycles. The molecule has 1 N–H and O–H groups in total. The molecule has 1 saturated heterocycles. The van der Waals surface area contributed by atoms with E-state index in [-0.39, 0.29) is 0 Å². The summed E-state index contributed by atoms with van der Waals surface area (Å²) in [5.41, 5.74) is 4.13. The van der Waals surface area contributed by atoms with Crippen LogP contribution in [0.1, 0.15) is 36.4 Å². The second-order valence-electron chi connectivity index (χ2n) is 6.25. The lowest BCUT2D eigenvalue weighted by Gasteiger charge is -2.36. The van der Waals surface area contributed by atoms with E-state index in [1.165, 1.54) is 47.8 Å². The molecule has 0 bridgehead atoms. The molecule has 1 unspecified atom stereocenters. The van der Waals surface area contributed by atoms with Crippen molar-refractivity contribution in [1.29, 1.82) is 0 Å². The molecule has 1 aliphatic heterocycles. The van der Waals surface area contributed by atoms with Crippen LogP contribution in [0, 0.1) is 0 Å². The summed E-state index contributed by atoms with van der Waals surface area (Å²) in [5.74, 6) is 0. The molecule has 1 aliphatic rings. The molecular weight excluding hydrogens is 268 g/mol. The van der Waals surface area contributed by atoms with Gasteiger partial charge in [0.15, 0.2) is 0 Å². The number of H-pyrrole nitrogens is 1. The van der Waals surface area contributed by atoms with Gasteiger partial charge in [0.1, 0.15) is 0 Å². The Kier molecular flexibility index (Phi) is 3.69. The van der Waals surface area contributed by atoms with Gasteiger partial charge < -0.3 is 4.98 Å². The highest BCUT2D eigenvalue weighted by atomic mass is 15.2. The van der Waals surface area contributed by atoms with Crippen molar-refractivity contribution in [3.8, 4) is 0 Å². The Morgan fingerprint density at radius 3 is 2.77 bits per heavy atom. The number of nitrogens with zero attached hydrogens (tertiary/aromatic N) is 1. The van der Waals surface area contributed by atoms with Crippen molar-refractivity contribution in [2.45, 2.75) is 31.8 Å². The quantitative estimate of drug-likeness (QED) is 0.727. The van der Waals surface area contributed by atoms with Crippen molar-refractivity contribution < 1.29 is 0 Å². The van der Waals surface area contributed by atoms with Gasteiger partial charge >= 0.3 is 0 Å². The number of hydrogen-bond donors (Lipinski definition) is 1. The Balaban J connectivity index is 1.64. The number of benzene rings is 2. The highest BCUT2D eigenvalue weighted by Crippen LogP contribution is 2.33. The van der Waals surface area contributed by atoms with Crippen LogP contribution in [0.5, 0.6) is 0 Å². The van der Waals surface area contributed by atoms with Gasteiger partial charge in [-0.1, -0.05) is 48.9 Å². The van der Waals surface area contributed by atoms with Crippen LogP contribution in [-0.4, -0.2) is 16.4 Å². The summed E-state index contributed by atoms with van der Waals surface area (Å²) in [4.78, 5) is 5.97. The largest absolute Gasteiger partial charge is 0.361 e. The number of likely N-dealkylation sites (tertiary alicyclic amines) is 1. The summed E-state index contributed by atoms with van der Waals surface area (Å²) >= 11 is 0. The lowest BCUT2D eigenvalue weighted by Crippen LogP contribution is -2.32. The molecule has 0 amide bonds. The van der Waals surface area contributed by atoms with Crippen molar-refractivity contribution in [2.75, 3.05) is 6.54 Å². The predicted molar refractivity (Wildman–Crippen MR) is 91.7 cm³/mol. The first-order valence-electron chi connectivity index (χ1n) is 8.26. The number of fused-ring (bicyclic) bond motifs is 1. The van der Waals surface area contributed by atoms with E-state index in [4.69, 9.17) is 0 Å². The van der Waals surface area contributed by atoms with Gasteiger partial charge in [0.2, 0.25) is 0 Å². The van der Waals surface area contributed by atoms with Gasteiger partial charge in [-0.25, -0.2) is 0 Å². The number of rotatable bonds is 3. The number of piperidine rings is 1. The number of aromatic amines is 1. The molecule has 1 fully saturated rings. The third-order valence-electron chi connectivity index (χ3n) is 4.86. The van der Waals surface area contributed by atoms with Gasteiger partial charge in [-0.2, -0.15) is 0 Å². The molecule has 1 atom stereocenters. The van der Waals surface area contributed by atoms with Crippen LogP contribution in [0.3, 0.4) is 0 Å². The lowest BCUT2D eigenvalue weighted by molar-refractivity contribution is 0.141. The van der Waals surface area contributed by atoms with Gasteiger partial charge in [0.05, 0.1) is 0 Å². The first-order chi connectivity index (χ1) is 10.9. The summed E-state index contributed by atoms with van der Waals surface area (Å²) in [6.45, 7) is 2.23. The van der Waals surface area contributed by atoms with E-state index < -0.39 is 0 Å². The summed E-state index contributed by atoms with van der Waals surface area (Å²) in [7, 11) is 0. The zero-order valence-corrected chi connectivity index (χ0v) is 12.8. The van der Waals surface area contributed by atoms with Crippen molar-refractivity contribution in [2.24, 2.45) is 0 Å². The van der Waals surface area contributed by atoms with Crippen LogP contribution in [-0.2, 0) is 6.54 Å². The van der Waals surface area contributed by atoms with Crippen LogP contribution in [0.15, 0.2) is 60.8 Å². The SMILES string of the molecule is c1ccc(C2CCCCN2Cc2cccc3[nH]ccc23)cc1. The molecule has 0 aliphatic carbocycles. The zero-order chi connectivity index (χ0) is 14.8. The maximum absolute atomic E-state index is 3.32. The van der Waals surface area contributed by atoms with Crippen molar-refractivity contribution in [3.63, 3.8) is 0 Å². The van der Waals surface area contributed by atoms with E-state index in [0.717, 1.165) is 6.54 Å². The molecule has 2 heteroatoms. The van der Waals surface area contributed by atoms with Crippen molar-refractivity contribution in [1.82, 2.24) is 9.88 Å². The number of aromatic nitrogens is 1. The van der Waals surface area contributed by atoms with Gasteiger partial charge in [-0.05, 0) is 42.6 Å². The van der Waals surface area contributed by atoms with Crippen molar-refractivity contribution >= 4 is 10.9 Å². The normalized spacial score (nSPS) is 19.5. The molecule has 2 aromatic carbocycles. The molecule has 0 radical (unpaired) electrons. The van der Waals surface area contributed by atoms with Crippen LogP contribution in [0.4, 0.5) is 0 Å². The average molecular weight is 290 g/mol. The van der Waals surface area contributed by atoms with Gasteiger partial charge in [0, 0.05) is 29.7 Å². The molecule has 2 heterocycles. The molecule has 0 spiro atoms. The minimum Gasteiger partial charge on any atom is -0.361 e. The zero-order valence-electron chi connectivity index (χ0n) is 12.8. The second-order valence-corrected chi connectivity index (χ2v) is 6.25. The Hall–Kier alpha value is -2.06. The fourth-order valence-corrected chi connectivity index (χ4v) is 3.74. The molecular formula is C20H22N2. The highest BCUT2D eigenvalue weighted by molar-refractivity contribution is 5.82. The van der Waals surface area contributed by atoms with E-state index in [1.54, 1.807) is 0 Å². The van der Waals surface area contributed by atoms with E-state index in [1.807, 2.05) is 6.20 Å². The summed E-state index contributed by atoms with van der Waals surface area (Å²) < 4.78 is 0. The number of nitrogens with one attached hydrogen (secondary N) is 1. The summed E-state index contributed by atoms with van der Waals surface area (Å²) in [6.07, 6.45) is 5.96. The third-order valence-corrected chi connectivity index (χ3v) is 4.86. The molecule has 1 aromatic heterocycles. The van der Waals surface area contributed by atoms with Gasteiger partial charge in [0.25, 0.3) is 0 Å². The maximum Gasteiger partial charge on any atom is 0.0457 e. The second kappa shape index (κ2) is 5.98. The highest BCUT2D eigenvalue weighted by Gasteiger charge is 2.24. The van der Waals surface area contributed by atoms with Crippen LogP contribution >= 0.6 is 0 Å². The molecule has 2 nitrogen and oxygen atoms in total. The Morgan fingerprint density at radius 2 is 1.86 bits per heavy atom. The third kappa shape index (κ3) is 2.55. The topological polar surface area (TPSA) is 19.0 Å². The van der Waals surface area contributed by atoms with E-state index in [2.05, 4.69) is 64.5 Å². The molecule has 112 valence electrons. The smallest absolute Gasteiger partial charge is 0.0457 e. The maximum atomic E-state index is 3.32. The fraction of sp³-hybridized carbons (Fsp3) is 0.300. The minimum atomic E-state index is 0.559. The number of hydrogen-bond acceptors (Lipinski definition) is 1. The Morgan fingerprint density at radius 1 is 0.955 bits per heavy atom.